The van der Waals surface area contributed by atoms with Crippen molar-refractivity contribution in [3.63, 3.8) is 0 Å². The Morgan fingerprint density at radius 2 is 1.77 bits per heavy atom. The standard InChI is InChI=1S/C19H11Cl2N3OS/c20-12-8-9-15(16(21)10-12)18-23-24-19(26-18)22-17(25)14-7-3-5-11-4-1-2-6-13(11)14/h1-10H,(H,22,24,25). The number of amides is 1. The van der Waals surface area contributed by atoms with Gasteiger partial charge < -0.3 is 0 Å². The fraction of sp³-hybridized carbons (Fsp3) is 0. The number of fused-ring (bicyclic) bond motifs is 1. The summed E-state index contributed by atoms with van der Waals surface area (Å²) in [4.78, 5) is 12.7. The lowest BCUT2D eigenvalue weighted by molar-refractivity contribution is 0.102. The quantitative estimate of drug-likeness (QED) is 0.465. The number of nitrogens with one attached hydrogen (secondary N) is 1. The number of benzene rings is 3. The fourth-order valence-electron chi connectivity index (χ4n) is 2.63. The van der Waals surface area contributed by atoms with Gasteiger partial charge in [-0.05, 0) is 35.0 Å². The second-order valence-corrected chi connectivity index (χ2v) is 7.34. The van der Waals surface area contributed by atoms with Crippen LogP contribution < -0.4 is 5.32 Å². The molecule has 0 aliphatic rings. The maximum atomic E-state index is 12.7. The van der Waals surface area contributed by atoms with Crippen molar-refractivity contribution in [1.82, 2.24) is 10.2 Å². The van der Waals surface area contributed by atoms with Gasteiger partial charge in [-0.3, -0.25) is 10.1 Å². The largest absolute Gasteiger partial charge is 0.296 e. The molecule has 3 aromatic carbocycles. The molecule has 1 amide bonds. The van der Waals surface area contributed by atoms with E-state index in [1.807, 2.05) is 36.4 Å². The SMILES string of the molecule is O=C(Nc1nnc(-c2ccc(Cl)cc2Cl)s1)c1cccc2ccccc12. The van der Waals surface area contributed by atoms with E-state index in [4.69, 9.17) is 23.2 Å². The van der Waals surface area contributed by atoms with Crippen molar-refractivity contribution in [2.45, 2.75) is 0 Å². The van der Waals surface area contributed by atoms with Gasteiger partial charge in [-0.15, -0.1) is 10.2 Å². The van der Waals surface area contributed by atoms with Crippen LogP contribution in [0.25, 0.3) is 21.3 Å². The van der Waals surface area contributed by atoms with E-state index in [1.54, 1.807) is 24.3 Å². The van der Waals surface area contributed by atoms with Gasteiger partial charge in [-0.1, -0.05) is 70.9 Å². The molecule has 0 spiro atoms. The number of carbonyl (C=O) groups is 1. The summed E-state index contributed by atoms with van der Waals surface area (Å²) in [5.41, 5.74) is 1.31. The molecular weight excluding hydrogens is 389 g/mol. The van der Waals surface area contributed by atoms with E-state index >= 15 is 0 Å². The number of anilines is 1. The molecule has 4 aromatic rings. The first-order valence-corrected chi connectivity index (χ1v) is 9.27. The first-order valence-electron chi connectivity index (χ1n) is 7.70. The molecule has 0 aliphatic heterocycles. The van der Waals surface area contributed by atoms with Crippen LogP contribution in [0.4, 0.5) is 5.13 Å². The third-order valence-electron chi connectivity index (χ3n) is 3.84. The monoisotopic (exact) mass is 399 g/mol. The van der Waals surface area contributed by atoms with Gasteiger partial charge in [0.15, 0.2) is 5.01 Å². The molecule has 26 heavy (non-hydrogen) atoms. The average Bonchev–Trinajstić information content (AvgIpc) is 3.09. The zero-order valence-corrected chi connectivity index (χ0v) is 15.6. The lowest BCUT2D eigenvalue weighted by Crippen LogP contribution is -2.12. The van der Waals surface area contributed by atoms with Gasteiger partial charge >= 0.3 is 0 Å². The predicted molar refractivity (Wildman–Crippen MR) is 107 cm³/mol. The Morgan fingerprint density at radius 1 is 0.962 bits per heavy atom. The van der Waals surface area contributed by atoms with Crippen molar-refractivity contribution in [2.24, 2.45) is 0 Å². The number of halogens is 2. The molecule has 1 heterocycles. The average molecular weight is 400 g/mol. The van der Waals surface area contributed by atoms with Crippen LogP contribution in [0.1, 0.15) is 10.4 Å². The molecule has 0 unspecified atom stereocenters. The number of nitrogens with zero attached hydrogens (tertiary/aromatic N) is 2. The third kappa shape index (κ3) is 3.29. The minimum atomic E-state index is -0.230. The summed E-state index contributed by atoms with van der Waals surface area (Å²) in [5.74, 6) is -0.230. The highest BCUT2D eigenvalue weighted by molar-refractivity contribution is 7.18. The normalized spacial score (nSPS) is 10.8. The molecule has 0 atom stereocenters. The zero-order chi connectivity index (χ0) is 18.1. The Hall–Kier alpha value is -2.47. The van der Waals surface area contributed by atoms with Crippen molar-refractivity contribution in [2.75, 3.05) is 5.32 Å². The molecular formula is C19H11Cl2N3OS. The van der Waals surface area contributed by atoms with Crippen molar-refractivity contribution >= 4 is 56.3 Å². The zero-order valence-electron chi connectivity index (χ0n) is 13.2. The topological polar surface area (TPSA) is 54.9 Å². The molecule has 1 N–H and O–H groups in total. The first-order chi connectivity index (χ1) is 12.6. The van der Waals surface area contributed by atoms with Gasteiger partial charge in [-0.25, -0.2) is 0 Å². The summed E-state index contributed by atoms with van der Waals surface area (Å²) in [7, 11) is 0. The molecule has 128 valence electrons. The van der Waals surface area contributed by atoms with E-state index in [-0.39, 0.29) is 5.91 Å². The van der Waals surface area contributed by atoms with Gasteiger partial charge in [0.2, 0.25) is 5.13 Å². The molecule has 0 saturated carbocycles. The summed E-state index contributed by atoms with van der Waals surface area (Å²) in [5, 5.41) is 14.9. The van der Waals surface area contributed by atoms with Crippen molar-refractivity contribution in [1.29, 1.82) is 0 Å². The van der Waals surface area contributed by atoms with E-state index in [9.17, 15) is 4.79 Å². The Kier molecular flexibility index (Phi) is 4.59. The smallest absolute Gasteiger partial charge is 0.258 e. The Labute approximate surface area is 163 Å². The fourth-order valence-corrected chi connectivity index (χ4v) is 3.97. The van der Waals surface area contributed by atoms with Gasteiger partial charge in [0.1, 0.15) is 0 Å². The van der Waals surface area contributed by atoms with Gasteiger partial charge in [0.25, 0.3) is 5.91 Å². The summed E-state index contributed by atoms with van der Waals surface area (Å²) in [6, 6.07) is 18.5. The van der Waals surface area contributed by atoms with E-state index in [0.717, 1.165) is 16.3 Å². The summed E-state index contributed by atoms with van der Waals surface area (Å²) < 4.78 is 0. The number of carbonyl (C=O) groups excluding carboxylic acids is 1. The van der Waals surface area contributed by atoms with E-state index in [0.29, 0.717) is 25.7 Å². The van der Waals surface area contributed by atoms with Crippen LogP contribution in [0.5, 0.6) is 0 Å². The Bertz CT molecular complexity index is 1120. The number of hydrogen-bond acceptors (Lipinski definition) is 4. The molecule has 0 radical (unpaired) electrons. The minimum Gasteiger partial charge on any atom is -0.296 e. The van der Waals surface area contributed by atoms with Crippen LogP contribution in [0.3, 0.4) is 0 Å². The maximum Gasteiger partial charge on any atom is 0.258 e. The summed E-state index contributed by atoms with van der Waals surface area (Å²) >= 11 is 13.4. The maximum absolute atomic E-state index is 12.7. The molecule has 4 nitrogen and oxygen atoms in total. The van der Waals surface area contributed by atoms with Crippen LogP contribution in [-0.4, -0.2) is 16.1 Å². The highest BCUT2D eigenvalue weighted by Crippen LogP contribution is 2.33. The van der Waals surface area contributed by atoms with Crippen molar-refractivity contribution in [3.8, 4) is 10.6 Å². The van der Waals surface area contributed by atoms with Crippen LogP contribution in [0.2, 0.25) is 10.0 Å². The second-order valence-electron chi connectivity index (χ2n) is 5.52. The van der Waals surface area contributed by atoms with Gasteiger partial charge in [-0.2, -0.15) is 0 Å². The van der Waals surface area contributed by atoms with E-state index in [1.165, 1.54) is 11.3 Å². The lowest BCUT2D eigenvalue weighted by Gasteiger charge is -2.05. The third-order valence-corrected chi connectivity index (χ3v) is 5.26. The van der Waals surface area contributed by atoms with Gasteiger partial charge in [0, 0.05) is 16.1 Å². The predicted octanol–water partition coefficient (Wildman–Crippen LogP) is 5.92. The van der Waals surface area contributed by atoms with Gasteiger partial charge in [0.05, 0.1) is 5.02 Å². The van der Waals surface area contributed by atoms with Crippen molar-refractivity contribution in [3.05, 3.63) is 76.3 Å². The molecule has 0 bridgehead atoms. The van der Waals surface area contributed by atoms with Crippen molar-refractivity contribution < 1.29 is 4.79 Å². The number of hydrogen-bond donors (Lipinski definition) is 1. The van der Waals surface area contributed by atoms with E-state index in [2.05, 4.69) is 15.5 Å². The molecule has 0 saturated heterocycles. The van der Waals surface area contributed by atoms with Crippen LogP contribution in [0, 0.1) is 0 Å². The Morgan fingerprint density at radius 3 is 2.62 bits per heavy atom. The Balaban J connectivity index is 1.62. The molecule has 0 fully saturated rings. The number of aromatic nitrogens is 2. The second kappa shape index (κ2) is 7.03. The van der Waals surface area contributed by atoms with Crippen LogP contribution in [-0.2, 0) is 0 Å². The summed E-state index contributed by atoms with van der Waals surface area (Å²) in [6.45, 7) is 0. The minimum absolute atomic E-state index is 0.230. The molecule has 7 heteroatoms. The highest BCUT2D eigenvalue weighted by atomic mass is 35.5. The number of rotatable bonds is 3. The lowest BCUT2D eigenvalue weighted by atomic mass is 10.0. The summed E-state index contributed by atoms with van der Waals surface area (Å²) in [6.07, 6.45) is 0. The molecule has 0 aliphatic carbocycles. The van der Waals surface area contributed by atoms with Crippen LogP contribution in [0.15, 0.2) is 60.7 Å². The highest BCUT2D eigenvalue weighted by Gasteiger charge is 2.15. The van der Waals surface area contributed by atoms with E-state index < -0.39 is 0 Å². The van der Waals surface area contributed by atoms with Crippen LogP contribution >= 0.6 is 34.5 Å². The molecule has 1 aromatic heterocycles. The molecule has 4 rings (SSSR count). The first kappa shape index (κ1) is 17.0.